The Morgan fingerprint density at radius 3 is 3.14 bits per heavy atom. The quantitative estimate of drug-likeness (QED) is 0.790. The summed E-state index contributed by atoms with van der Waals surface area (Å²) in [6, 6.07) is 8.15. The fourth-order valence-electron chi connectivity index (χ4n) is 2.82. The van der Waals surface area contributed by atoms with Crippen molar-refractivity contribution in [3.05, 3.63) is 47.6 Å². The third kappa shape index (κ3) is 2.34. The fraction of sp³-hybridized carbons (Fsp3) is 0.267. The lowest BCUT2D eigenvalue weighted by molar-refractivity contribution is 0.442. The molecule has 1 aromatic carbocycles. The molecule has 4 rings (SSSR count). The summed E-state index contributed by atoms with van der Waals surface area (Å²) in [5, 5.41) is 9.66. The van der Waals surface area contributed by atoms with Gasteiger partial charge in [-0.15, -0.1) is 0 Å². The maximum Gasteiger partial charge on any atom is 0.138 e. The first-order valence-electron chi connectivity index (χ1n) is 6.97. The van der Waals surface area contributed by atoms with Gasteiger partial charge in [-0.3, -0.25) is 4.98 Å². The van der Waals surface area contributed by atoms with Crippen LogP contribution in [0.3, 0.4) is 0 Å². The van der Waals surface area contributed by atoms with E-state index in [1.807, 2.05) is 35.1 Å². The molecule has 0 saturated carbocycles. The van der Waals surface area contributed by atoms with Crippen molar-refractivity contribution in [3.63, 3.8) is 0 Å². The summed E-state index contributed by atoms with van der Waals surface area (Å²) in [5.41, 5.74) is 2.00. The van der Waals surface area contributed by atoms with Gasteiger partial charge in [-0.1, -0.05) is 11.6 Å². The molecule has 106 valence electrons. The van der Waals surface area contributed by atoms with E-state index >= 15 is 0 Å². The van der Waals surface area contributed by atoms with Crippen LogP contribution in [0.25, 0.3) is 10.9 Å². The summed E-state index contributed by atoms with van der Waals surface area (Å²) < 4.78 is 1.97. The molecule has 6 heteroatoms. The molecule has 1 aliphatic rings. The number of hydrogen-bond acceptors (Lipinski definition) is 4. The Labute approximate surface area is 127 Å². The van der Waals surface area contributed by atoms with Crippen LogP contribution in [0.2, 0.25) is 5.02 Å². The molecule has 0 radical (unpaired) electrons. The molecule has 0 spiro atoms. The number of halogens is 1. The topological polar surface area (TPSA) is 55.6 Å². The second-order valence-electron chi connectivity index (χ2n) is 5.26. The van der Waals surface area contributed by atoms with Crippen molar-refractivity contribution < 1.29 is 0 Å². The van der Waals surface area contributed by atoms with E-state index in [4.69, 9.17) is 11.6 Å². The van der Waals surface area contributed by atoms with Gasteiger partial charge >= 0.3 is 0 Å². The van der Waals surface area contributed by atoms with Gasteiger partial charge < -0.3 is 5.32 Å². The maximum atomic E-state index is 6.03. The van der Waals surface area contributed by atoms with E-state index in [9.17, 15) is 0 Å². The van der Waals surface area contributed by atoms with Crippen molar-refractivity contribution in [2.45, 2.75) is 25.4 Å². The number of rotatable bonds is 2. The third-order valence-corrected chi connectivity index (χ3v) is 4.10. The number of aryl methyl sites for hydroxylation is 1. The van der Waals surface area contributed by atoms with Gasteiger partial charge in [0.05, 0.1) is 12.1 Å². The van der Waals surface area contributed by atoms with Crippen molar-refractivity contribution in [2.24, 2.45) is 0 Å². The highest BCUT2D eigenvalue weighted by Crippen LogP contribution is 2.26. The summed E-state index contributed by atoms with van der Waals surface area (Å²) in [7, 11) is 0. The lowest BCUT2D eigenvalue weighted by atomic mass is 10.1. The van der Waals surface area contributed by atoms with E-state index < -0.39 is 0 Å². The Morgan fingerprint density at radius 1 is 1.24 bits per heavy atom. The zero-order valence-electron chi connectivity index (χ0n) is 11.3. The monoisotopic (exact) mass is 299 g/mol. The smallest absolute Gasteiger partial charge is 0.138 e. The van der Waals surface area contributed by atoms with Gasteiger partial charge in [-0.2, -0.15) is 5.10 Å². The summed E-state index contributed by atoms with van der Waals surface area (Å²) in [6.07, 6.45) is 5.44. The number of aromatic nitrogens is 4. The summed E-state index contributed by atoms with van der Waals surface area (Å²) in [5.74, 6) is 1.07. The third-order valence-electron chi connectivity index (χ3n) is 3.87. The molecular weight excluding hydrogens is 286 g/mol. The van der Waals surface area contributed by atoms with E-state index in [-0.39, 0.29) is 0 Å². The predicted octanol–water partition coefficient (Wildman–Crippen LogP) is 2.91. The number of nitrogens with one attached hydrogen (secondary N) is 1. The van der Waals surface area contributed by atoms with Gasteiger partial charge in [-0.05, 0) is 30.7 Å². The Morgan fingerprint density at radius 2 is 2.19 bits per heavy atom. The zero-order chi connectivity index (χ0) is 14.2. The first-order chi connectivity index (χ1) is 10.3. The molecule has 0 amide bonds. The molecule has 1 unspecified atom stereocenters. The van der Waals surface area contributed by atoms with Crippen LogP contribution in [0.1, 0.15) is 12.2 Å². The van der Waals surface area contributed by atoms with Crippen LogP contribution in [0, 0.1) is 0 Å². The Bertz CT molecular complexity index is 798. The van der Waals surface area contributed by atoms with E-state index in [0.717, 1.165) is 41.8 Å². The minimum Gasteiger partial charge on any atom is -0.380 e. The fourth-order valence-corrected chi connectivity index (χ4v) is 2.99. The van der Waals surface area contributed by atoms with Crippen LogP contribution >= 0.6 is 11.6 Å². The lowest BCUT2D eigenvalue weighted by Gasteiger charge is -2.25. The molecule has 0 saturated heterocycles. The standard InChI is InChI=1S/C15H14ClN5/c16-10-1-3-12-13(5-6-17-14(12)7-10)20-11-2-4-15-18-9-19-21(15)8-11/h1,3,5-7,9,11H,2,4,8H2,(H,17,20). The molecular formula is C15H14ClN5. The van der Waals surface area contributed by atoms with Crippen LogP contribution in [-0.2, 0) is 13.0 Å². The first kappa shape index (κ1) is 12.6. The summed E-state index contributed by atoms with van der Waals surface area (Å²) in [6.45, 7) is 0.840. The Hall–Kier alpha value is -2.14. The summed E-state index contributed by atoms with van der Waals surface area (Å²) >= 11 is 6.03. The lowest BCUT2D eigenvalue weighted by Crippen LogP contribution is -2.32. The highest BCUT2D eigenvalue weighted by atomic mass is 35.5. The molecule has 0 bridgehead atoms. The zero-order valence-corrected chi connectivity index (χ0v) is 12.1. The van der Waals surface area contributed by atoms with Crippen molar-refractivity contribution in [1.29, 1.82) is 0 Å². The van der Waals surface area contributed by atoms with Crippen LogP contribution < -0.4 is 5.32 Å². The van der Waals surface area contributed by atoms with Gasteiger partial charge in [0.25, 0.3) is 0 Å². The van der Waals surface area contributed by atoms with Crippen molar-refractivity contribution >= 4 is 28.2 Å². The van der Waals surface area contributed by atoms with Crippen molar-refractivity contribution in [2.75, 3.05) is 5.32 Å². The molecule has 21 heavy (non-hydrogen) atoms. The average molecular weight is 300 g/mol. The normalized spacial score (nSPS) is 17.7. The van der Waals surface area contributed by atoms with E-state index in [1.165, 1.54) is 0 Å². The number of anilines is 1. The van der Waals surface area contributed by atoms with Crippen LogP contribution in [0.4, 0.5) is 5.69 Å². The molecule has 1 aliphatic heterocycles. The number of benzene rings is 1. The van der Waals surface area contributed by atoms with E-state index in [1.54, 1.807) is 6.33 Å². The minimum absolute atomic E-state index is 0.348. The number of pyridine rings is 1. The second-order valence-corrected chi connectivity index (χ2v) is 5.69. The molecule has 1 atom stereocenters. The van der Waals surface area contributed by atoms with E-state index in [0.29, 0.717) is 11.1 Å². The Balaban J connectivity index is 1.63. The highest BCUT2D eigenvalue weighted by molar-refractivity contribution is 6.31. The van der Waals surface area contributed by atoms with Gasteiger partial charge in [0.2, 0.25) is 0 Å². The number of fused-ring (bicyclic) bond motifs is 2. The van der Waals surface area contributed by atoms with Crippen LogP contribution in [-0.4, -0.2) is 25.8 Å². The van der Waals surface area contributed by atoms with Crippen LogP contribution in [0.5, 0.6) is 0 Å². The van der Waals surface area contributed by atoms with Crippen molar-refractivity contribution in [3.8, 4) is 0 Å². The average Bonchev–Trinajstić information content (AvgIpc) is 2.95. The van der Waals surface area contributed by atoms with Crippen LogP contribution in [0.15, 0.2) is 36.8 Å². The molecule has 2 aromatic heterocycles. The molecule has 0 aliphatic carbocycles. The molecule has 1 N–H and O–H groups in total. The minimum atomic E-state index is 0.348. The first-order valence-corrected chi connectivity index (χ1v) is 7.35. The maximum absolute atomic E-state index is 6.03. The molecule has 3 aromatic rings. The Kier molecular flexibility index (Phi) is 3.00. The van der Waals surface area contributed by atoms with Gasteiger partial charge in [0.1, 0.15) is 12.2 Å². The molecule has 3 heterocycles. The van der Waals surface area contributed by atoms with Gasteiger partial charge in [0, 0.05) is 34.8 Å². The van der Waals surface area contributed by atoms with Gasteiger partial charge in [0.15, 0.2) is 0 Å². The molecule has 0 fully saturated rings. The molecule has 5 nitrogen and oxygen atoms in total. The SMILES string of the molecule is Clc1ccc2c(NC3CCc4ncnn4C3)ccnc2c1. The largest absolute Gasteiger partial charge is 0.380 e. The predicted molar refractivity (Wildman–Crippen MR) is 82.5 cm³/mol. The van der Waals surface area contributed by atoms with Gasteiger partial charge in [-0.25, -0.2) is 9.67 Å². The van der Waals surface area contributed by atoms with Crippen molar-refractivity contribution in [1.82, 2.24) is 19.7 Å². The second kappa shape index (κ2) is 5.00. The van der Waals surface area contributed by atoms with E-state index in [2.05, 4.69) is 20.4 Å². The summed E-state index contributed by atoms with van der Waals surface area (Å²) in [4.78, 5) is 8.63. The number of hydrogen-bond donors (Lipinski definition) is 1. The number of nitrogens with zero attached hydrogens (tertiary/aromatic N) is 4. The highest BCUT2D eigenvalue weighted by Gasteiger charge is 2.20.